The third kappa shape index (κ3) is 2.99. The summed E-state index contributed by atoms with van der Waals surface area (Å²) in [5.41, 5.74) is 2.72. The first-order chi connectivity index (χ1) is 9.76. The van der Waals surface area contributed by atoms with E-state index in [1.165, 1.54) is 24.0 Å². The summed E-state index contributed by atoms with van der Waals surface area (Å²) in [7, 11) is 0. The fourth-order valence-electron chi connectivity index (χ4n) is 3.47. The zero-order valence-corrected chi connectivity index (χ0v) is 12.7. The van der Waals surface area contributed by atoms with Crippen molar-refractivity contribution in [2.75, 3.05) is 26.2 Å². The maximum absolute atomic E-state index is 6.13. The minimum Gasteiger partial charge on any atom is -0.488 e. The average molecular weight is 274 g/mol. The Balaban J connectivity index is 1.61. The quantitative estimate of drug-likeness (QED) is 0.912. The lowest BCUT2D eigenvalue weighted by atomic mass is 10.0. The van der Waals surface area contributed by atoms with Crippen LogP contribution in [-0.4, -0.2) is 43.2 Å². The van der Waals surface area contributed by atoms with Crippen LogP contribution in [0.4, 0.5) is 0 Å². The van der Waals surface area contributed by atoms with Crippen LogP contribution in [0.25, 0.3) is 0 Å². The minimum atomic E-state index is 0.337. The summed E-state index contributed by atoms with van der Waals surface area (Å²) in [5.74, 6) is 1.10. The molecule has 1 fully saturated rings. The molecule has 2 heterocycles. The van der Waals surface area contributed by atoms with E-state index in [4.69, 9.17) is 4.74 Å². The molecule has 1 saturated heterocycles. The van der Waals surface area contributed by atoms with E-state index in [2.05, 4.69) is 42.3 Å². The van der Waals surface area contributed by atoms with Gasteiger partial charge in [-0.05, 0) is 25.0 Å². The molecule has 2 unspecified atom stereocenters. The van der Waals surface area contributed by atoms with Crippen molar-refractivity contribution in [1.82, 2.24) is 10.2 Å². The lowest BCUT2D eigenvalue weighted by Crippen LogP contribution is -2.53. The van der Waals surface area contributed by atoms with Crippen LogP contribution < -0.4 is 10.1 Å². The fourth-order valence-corrected chi connectivity index (χ4v) is 3.47. The largest absolute Gasteiger partial charge is 0.488 e. The van der Waals surface area contributed by atoms with Gasteiger partial charge in [0.15, 0.2) is 0 Å². The Kier molecular flexibility index (Phi) is 4.27. The summed E-state index contributed by atoms with van der Waals surface area (Å²) in [6.45, 7) is 8.89. The van der Waals surface area contributed by atoms with E-state index in [-0.39, 0.29) is 0 Å². The normalized spacial score (nSPS) is 26.3. The summed E-state index contributed by atoms with van der Waals surface area (Å²) in [4.78, 5) is 2.63. The molecule has 20 heavy (non-hydrogen) atoms. The van der Waals surface area contributed by atoms with Gasteiger partial charge in [-0.15, -0.1) is 0 Å². The molecule has 0 bridgehead atoms. The Bertz CT molecular complexity index is 458. The molecular formula is C17H26N2O. The fraction of sp³-hybridized carbons (Fsp3) is 0.647. The second kappa shape index (κ2) is 6.15. The van der Waals surface area contributed by atoms with Crippen molar-refractivity contribution in [1.29, 1.82) is 0 Å². The van der Waals surface area contributed by atoms with E-state index >= 15 is 0 Å². The van der Waals surface area contributed by atoms with Crippen LogP contribution in [0.15, 0.2) is 18.2 Å². The van der Waals surface area contributed by atoms with Crippen molar-refractivity contribution in [2.24, 2.45) is 0 Å². The van der Waals surface area contributed by atoms with Gasteiger partial charge in [0, 0.05) is 38.6 Å². The van der Waals surface area contributed by atoms with Crippen LogP contribution in [0.3, 0.4) is 0 Å². The number of fused-ring (bicyclic) bond motifs is 1. The summed E-state index contributed by atoms with van der Waals surface area (Å²) in [5, 5.41) is 3.52. The van der Waals surface area contributed by atoms with Crippen molar-refractivity contribution in [2.45, 2.75) is 45.3 Å². The first-order valence-electron chi connectivity index (χ1n) is 7.97. The standard InChI is InChI=1S/C17H26N2O/c1-3-4-15-11-18-7-8-19(15)12-16-10-14-9-13(2)5-6-17(14)20-16/h5-6,9,15-16,18H,3-4,7-8,10-12H2,1-2H3. The zero-order valence-electron chi connectivity index (χ0n) is 12.7. The van der Waals surface area contributed by atoms with E-state index in [1.807, 2.05) is 0 Å². The van der Waals surface area contributed by atoms with Gasteiger partial charge >= 0.3 is 0 Å². The summed E-state index contributed by atoms with van der Waals surface area (Å²) < 4.78 is 6.13. The Hall–Kier alpha value is -1.06. The molecule has 0 amide bonds. The number of aryl methyl sites for hydroxylation is 1. The van der Waals surface area contributed by atoms with E-state index in [0.29, 0.717) is 12.1 Å². The Labute approximate surface area is 122 Å². The van der Waals surface area contributed by atoms with Gasteiger partial charge in [-0.1, -0.05) is 31.0 Å². The molecule has 3 heteroatoms. The molecule has 110 valence electrons. The van der Waals surface area contributed by atoms with Gasteiger partial charge in [-0.25, -0.2) is 0 Å². The molecule has 0 aromatic heterocycles. The molecule has 1 N–H and O–H groups in total. The SMILES string of the molecule is CCCC1CNCCN1CC1Cc2cc(C)ccc2O1. The molecular weight excluding hydrogens is 248 g/mol. The van der Waals surface area contributed by atoms with E-state index in [0.717, 1.165) is 38.3 Å². The predicted molar refractivity (Wildman–Crippen MR) is 82.4 cm³/mol. The first-order valence-corrected chi connectivity index (χ1v) is 7.97. The van der Waals surface area contributed by atoms with E-state index in [9.17, 15) is 0 Å². The van der Waals surface area contributed by atoms with Gasteiger partial charge in [0.1, 0.15) is 11.9 Å². The van der Waals surface area contributed by atoms with Gasteiger partial charge in [0.05, 0.1) is 0 Å². The van der Waals surface area contributed by atoms with Crippen LogP contribution in [0.1, 0.15) is 30.9 Å². The van der Waals surface area contributed by atoms with Gasteiger partial charge in [0.2, 0.25) is 0 Å². The van der Waals surface area contributed by atoms with Gasteiger partial charge < -0.3 is 10.1 Å². The number of nitrogens with zero attached hydrogens (tertiary/aromatic N) is 1. The van der Waals surface area contributed by atoms with Crippen LogP contribution in [-0.2, 0) is 6.42 Å². The monoisotopic (exact) mass is 274 g/mol. The Morgan fingerprint density at radius 1 is 1.40 bits per heavy atom. The molecule has 3 rings (SSSR count). The van der Waals surface area contributed by atoms with Crippen molar-refractivity contribution < 1.29 is 4.74 Å². The van der Waals surface area contributed by atoms with Crippen molar-refractivity contribution in [3.8, 4) is 5.75 Å². The second-order valence-corrected chi connectivity index (χ2v) is 6.20. The molecule has 3 nitrogen and oxygen atoms in total. The molecule has 2 atom stereocenters. The molecule has 0 aliphatic carbocycles. The van der Waals surface area contributed by atoms with Crippen molar-refractivity contribution >= 4 is 0 Å². The Morgan fingerprint density at radius 3 is 3.15 bits per heavy atom. The highest BCUT2D eigenvalue weighted by atomic mass is 16.5. The predicted octanol–water partition coefficient (Wildman–Crippen LogP) is 2.37. The Morgan fingerprint density at radius 2 is 2.30 bits per heavy atom. The van der Waals surface area contributed by atoms with Crippen LogP contribution in [0.2, 0.25) is 0 Å². The van der Waals surface area contributed by atoms with Crippen molar-refractivity contribution in [3.63, 3.8) is 0 Å². The van der Waals surface area contributed by atoms with Crippen molar-refractivity contribution in [3.05, 3.63) is 29.3 Å². The van der Waals surface area contributed by atoms with E-state index < -0.39 is 0 Å². The first kappa shape index (κ1) is 13.9. The highest BCUT2D eigenvalue weighted by Gasteiger charge is 2.29. The number of ether oxygens (including phenoxy) is 1. The molecule has 1 aromatic rings. The summed E-state index contributed by atoms with van der Waals surface area (Å²) in [6.07, 6.45) is 3.95. The number of hydrogen-bond acceptors (Lipinski definition) is 3. The number of benzene rings is 1. The summed E-state index contributed by atoms with van der Waals surface area (Å²) in [6, 6.07) is 7.23. The molecule has 2 aliphatic heterocycles. The van der Waals surface area contributed by atoms with Gasteiger partial charge in [-0.3, -0.25) is 4.90 Å². The van der Waals surface area contributed by atoms with Crippen LogP contribution in [0.5, 0.6) is 5.75 Å². The number of hydrogen-bond donors (Lipinski definition) is 1. The molecule has 0 spiro atoms. The van der Waals surface area contributed by atoms with E-state index in [1.54, 1.807) is 0 Å². The summed E-state index contributed by atoms with van der Waals surface area (Å²) >= 11 is 0. The van der Waals surface area contributed by atoms with Crippen LogP contribution in [0, 0.1) is 6.92 Å². The third-order valence-corrected chi connectivity index (χ3v) is 4.49. The number of rotatable bonds is 4. The number of piperazine rings is 1. The number of nitrogens with one attached hydrogen (secondary N) is 1. The van der Waals surface area contributed by atoms with Gasteiger partial charge in [-0.2, -0.15) is 0 Å². The van der Waals surface area contributed by atoms with Crippen LogP contribution >= 0.6 is 0 Å². The smallest absolute Gasteiger partial charge is 0.123 e. The topological polar surface area (TPSA) is 24.5 Å². The maximum Gasteiger partial charge on any atom is 0.123 e. The second-order valence-electron chi connectivity index (χ2n) is 6.20. The third-order valence-electron chi connectivity index (χ3n) is 4.49. The lowest BCUT2D eigenvalue weighted by molar-refractivity contribution is 0.0937. The maximum atomic E-state index is 6.13. The zero-order chi connectivity index (χ0) is 13.9. The lowest BCUT2D eigenvalue weighted by Gasteiger charge is -2.37. The average Bonchev–Trinajstić information content (AvgIpc) is 2.82. The molecule has 1 aromatic carbocycles. The minimum absolute atomic E-state index is 0.337. The highest BCUT2D eigenvalue weighted by molar-refractivity contribution is 5.40. The molecule has 2 aliphatic rings. The highest BCUT2D eigenvalue weighted by Crippen LogP contribution is 2.30. The molecule has 0 radical (unpaired) electrons. The van der Waals surface area contributed by atoms with Gasteiger partial charge in [0.25, 0.3) is 0 Å². The molecule has 0 saturated carbocycles.